The van der Waals surface area contributed by atoms with Gasteiger partial charge in [0, 0.05) is 11.6 Å². The molecule has 15 heavy (non-hydrogen) atoms. The summed E-state index contributed by atoms with van der Waals surface area (Å²) < 4.78 is 17.9. The van der Waals surface area contributed by atoms with Crippen molar-refractivity contribution in [3.8, 4) is 5.75 Å². The third-order valence-corrected chi connectivity index (χ3v) is 2.04. The number of aliphatic hydroxyl groups is 1. The van der Waals surface area contributed by atoms with Gasteiger partial charge in [-0.3, -0.25) is 0 Å². The molecule has 0 saturated carbocycles. The van der Waals surface area contributed by atoms with Gasteiger partial charge in [-0.05, 0) is 18.6 Å². The van der Waals surface area contributed by atoms with E-state index in [9.17, 15) is 14.3 Å². The lowest BCUT2D eigenvalue weighted by atomic mass is 10.0. The van der Waals surface area contributed by atoms with Crippen LogP contribution >= 0.6 is 0 Å². The van der Waals surface area contributed by atoms with Gasteiger partial charge in [-0.2, -0.15) is 0 Å². The Hall–Kier alpha value is -1.62. The van der Waals surface area contributed by atoms with E-state index < -0.39 is 17.9 Å². The highest BCUT2D eigenvalue weighted by molar-refractivity contribution is 5.75. The number of carbonyl (C=O) groups is 1. The molecule has 4 nitrogen and oxygen atoms in total. The minimum absolute atomic E-state index is 0.0213. The van der Waals surface area contributed by atoms with Crippen LogP contribution in [0.3, 0.4) is 0 Å². The van der Waals surface area contributed by atoms with Crippen molar-refractivity contribution < 1.29 is 24.1 Å². The number of aliphatic hydroxyl groups excluding tert-OH is 1. The van der Waals surface area contributed by atoms with Crippen molar-refractivity contribution in [2.45, 2.75) is 13.0 Å². The van der Waals surface area contributed by atoms with Crippen molar-refractivity contribution in [2.24, 2.45) is 0 Å². The average Bonchev–Trinajstić information content (AvgIpc) is 2.20. The molecule has 0 aliphatic rings. The topological polar surface area (TPSA) is 66.8 Å². The summed E-state index contributed by atoms with van der Waals surface area (Å²) in [7, 11) is 1.28. The number of ether oxygens (including phenoxy) is 1. The number of aryl methyl sites for hydroxylation is 1. The van der Waals surface area contributed by atoms with Gasteiger partial charge in [0.25, 0.3) is 0 Å². The van der Waals surface area contributed by atoms with Gasteiger partial charge >= 0.3 is 5.97 Å². The quantitative estimate of drug-likeness (QED) is 0.794. The number of benzene rings is 1. The standard InChI is InChI=1S/C10H11FO4/c1-5-3-6(9(12)10(13)14)8(15-2)4-7(5)11/h3-4,9,12H,1-2H3,(H,13,14). The molecule has 2 N–H and O–H groups in total. The van der Waals surface area contributed by atoms with E-state index in [1.807, 2.05) is 0 Å². The minimum Gasteiger partial charge on any atom is -0.496 e. The van der Waals surface area contributed by atoms with Crippen LogP contribution in [0.5, 0.6) is 5.75 Å². The maximum atomic E-state index is 13.1. The molecule has 0 spiro atoms. The summed E-state index contributed by atoms with van der Waals surface area (Å²) in [5.41, 5.74) is 0.301. The van der Waals surface area contributed by atoms with Crippen LogP contribution < -0.4 is 4.74 Å². The van der Waals surface area contributed by atoms with Gasteiger partial charge < -0.3 is 14.9 Å². The van der Waals surface area contributed by atoms with Crippen LogP contribution in [0, 0.1) is 12.7 Å². The van der Waals surface area contributed by atoms with Gasteiger partial charge in [-0.15, -0.1) is 0 Å². The van der Waals surface area contributed by atoms with Crippen LogP contribution in [0.15, 0.2) is 12.1 Å². The molecule has 5 heteroatoms. The first-order chi connectivity index (χ1) is 6.97. The van der Waals surface area contributed by atoms with Crippen molar-refractivity contribution in [1.82, 2.24) is 0 Å². The molecule has 0 fully saturated rings. The fourth-order valence-electron chi connectivity index (χ4n) is 1.21. The van der Waals surface area contributed by atoms with Crippen LogP contribution in [-0.2, 0) is 4.79 Å². The molecule has 0 radical (unpaired) electrons. The van der Waals surface area contributed by atoms with Crippen LogP contribution in [0.25, 0.3) is 0 Å². The van der Waals surface area contributed by atoms with E-state index in [-0.39, 0.29) is 16.9 Å². The van der Waals surface area contributed by atoms with Crippen LogP contribution in [0.2, 0.25) is 0 Å². The second kappa shape index (κ2) is 4.27. The summed E-state index contributed by atoms with van der Waals surface area (Å²) >= 11 is 0. The summed E-state index contributed by atoms with van der Waals surface area (Å²) in [6.07, 6.45) is -1.71. The number of hydrogen-bond acceptors (Lipinski definition) is 3. The van der Waals surface area contributed by atoms with E-state index >= 15 is 0 Å². The van der Waals surface area contributed by atoms with Gasteiger partial charge in [-0.1, -0.05) is 0 Å². The molecule has 0 aliphatic heterocycles. The number of aliphatic carboxylic acids is 1. The van der Waals surface area contributed by atoms with E-state index in [1.165, 1.54) is 20.1 Å². The van der Waals surface area contributed by atoms with Crippen molar-refractivity contribution >= 4 is 5.97 Å². The molecular formula is C10H11FO4. The van der Waals surface area contributed by atoms with Crippen LogP contribution in [0.1, 0.15) is 17.2 Å². The lowest BCUT2D eigenvalue weighted by Crippen LogP contribution is -2.12. The Morgan fingerprint density at radius 1 is 1.53 bits per heavy atom. The SMILES string of the molecule is COc1cc(F)c(C)cc1C(O)C(=O)O. The molecule has 0 heterocycles. The maximum Gasteiger partial charge on any atom is 0.337 e. The Balaban J connectivity index is 3.27. The number of methoxy groups -OCH3 is 1. The van der Waals surface area contributed by atoms with Crippen LogP contribution in [-0.4, -0.2) is 23.3 Å². The fraction of sp³-hybridized carbons (Fsp3) is 0.300. The normalized spacial score (nSPS) is 12.3. The lowest BCUT2D eigenvalue weighted by Gasteiger charge is -2.12. The molecule has 0 amide bonds. The summed E-state index contributed by atoms with van der Waals surface area (Å²) in [6, 6.07) is 2.31. The Morgan fingerprint density at radius 2 is 2.13 bits per heavy atom. The van der Waals surface area contributed by atoms with Gasteiger partial charge in [0.15, 0.2) is 6.10 Å². The second-order valence-corrected chi connectivity index (χ2v) is 3.08. The maximum absolute atomic E-state index is 13.1. The van der Waals surface area contributed by atoms with E-state index in [0.29, 0.717) is 0 Å². The Labute approximate surface area is 85.9 Å². The molecule has 82 valence electrons. The summed E-state index contributed by atoms with van der Waals surface area (Å²) in [4.78, 5) is 10.6. The largest absolute Gasteiger partial charge is 0.496 e. The Kier molecular flexibility index (Phi) is 3.26. The van der Waals surface area contributed by atoms with E-state index in [4.69, 9.17) is 9.84 Å². The molecule has 0 aliphatic carbocycles. The molecule has 1 aromatic rings. The minimum atomic E-state index is -1.71. The van der Waals surface area contributed by atoms with Crippen molar-refractivity contribution in [1.29, 1.82) is 0 Å². The van der Waals surface area contributed by atoms with Gasteiger partial charge in [0.1, 0.15) is 11.6 Å². The van der Waals surface area contributed by atoms with E-state index in [2.05, 4.69) is 0 Å². The first-order valence-corrected chi connectivity index (χ1v) is 4.22. The molecule has 1 rings (SSSR count). The third-order valence-electron chi connectivity index (χ3n) is 2.04. The summed E-state index contributed by atoms with van der Waals surface area (Å²) in [5.74, 6) is -1.89. The van der Waals surface area contributed by atoms with Gasteiger partial charge in [-0.25, -0.2) is 9.18 Å². The second-order valence-electron chi connectivity index (χ2n) is 3.08. The molecule has 1 atom stereocenters. The fourth-order valence-corrected chi connectivity index (χ4v) is 1.21. The average molecular weight is 214 g/mol. The van der Waals surface area contributed by atoms with Gasteiger partial charge in [0.2, 0.25) is 0 Å². The third kappa shape index (κ3) is 2.24. The van der Waals surface area contributed by atoms with E-state index in [1.54, 1.807) is 0 Å². The highest BCUT2D eigenvalue weighted by atomic mass is 19.1. The number of rotatable bonds is 3. The highest BCUT2D eigenvalue weighted by Crippen LogP contribution is 2.28. The molecule has 1 unspecified atom stereocenters. The zero-order chi connectivity index (χ0) is 11.6. The number of carboxylic acids is 1. The Morgan fingerprint density at radius 3 is 2.60 bits per heavy atom. The van der Waals surface area contributed by atoms with Crippen LogP contribution in [0.4, 0.5) is 4.39 Å². The molecule has 0 saturated heterocycles. The van der Waals surface area contributed by atoms with Gasteiger partial charge in [0.05, 0.1) is 7.11 Å². The summed E-state index contributed by atoms with van der Waals surface area (Å²) in [5, 5.41) is 17.9. The number of carboxylic acid groups (broad SMARTS) is 1. The lowest BCUT2D eigenvalue weighted by molar-refractivity contribution is -0.147. The smallest absolute Gasteiger partial charge is 0.337 e. The van der Waals surface area contributed by atoms with Crippen molar-refractivity contribution in [3.05, 3.63) is 29.1 Å². The predicted molar refractivity (Wildman–Crippen MR) is 50.3 cm³/mol. The molecule has 0 aromatic heterocycles. The number of halogens is 1. The van der Waals surface area contributed by atoms with Crippen molar-refractivity contribution in [3.63, 3.8) is 0 Å². The first-order valence-electron chi connectivity index (χ1n) is 4.22. The van der Waals surface area contributed by atoms with E-state index in [0.717, 1.165) is 6.07 Å². The number of hydrogen-bond donors (Lipinski definition) is 2. The van der Waals surface area contributed by atoms with Crippen molar-refractivity contribution in [2.75, 3.05) is 7.11 Å². The molecular weight excluding hydrogens is 203 g/mol. The zero-order valence-electron chi connectivity index (χ0n) is 8.32. The first kappa shape index (κ1) is 11.5. The molecule has 1 aromatic carbocycles. The summed E-state index contributed by atoms with van der Waals surface area (Å²) in [6.45, 7) is 1.48. The predicted octanol–water partition coefficient (Wildman–Crippen LogP) is 1.26. The molecule has 0 bridgehead atoms. The zero-order valence-corrected chi connectivity index (χ0v) is 8.32. The Bertz CT molecular complexity index is 389. The monoisotopic (exact) mass is 214 g/mol. The highest BCUT2D eigenvalue weighted by Gasteiger charge is 2.21.